The molecule has 5 rings (SSSR count). The van der Waals surface area contributed by atoms with Gasteiger partial charge in [-0.25, -0.2) is 0 Å². The number of halogens is 4. The second-order valence-corrected chi connectivity index (χ2v) is 15.5. The van der Waals surface area contributed by atoms with Crippen LogP contribution in [0.15, 0.2) is 128 Å². The maximum Gasteiger partial charge on any atom is 0.279 e. The Balaban J connectivity index is 1.28. The van der Waals surface area contributed by atoms with Crippen LogP contribution in [0.1, 0.15) is 56.8 Å². The Kier molecular flexibility index (Phi) is 15.2. The van der Waals surface area contributed by atoms with Crippen LogP contribution in [0.25, 0.3) is 0 Å². The summed E-state index contributed by atoms with van der Waals surface area (Å²) < 4.78 is 0. The van der Waals surface area contributed by atoms with Gasteiger partial charge in [0.05, 0.1) is 10.0 Å². The maximum absolute atomic E-state index is 13.4. The van der Waals surface area contributed by atoms with E-state index in [1.54, 1.807) is 62.4 Å². The summed E-state index contributed by atoms with van der Waals surface area (Å²) in [5, 5.41) is 48.9. The Morgan fingerprint density at radius 2 is 0.823 bits per heavy atom. The van der Waals surface area contributed by atoms with Gasteiger partial charge in [-0.2, -0.15) is 0 Å². The number of rotatable bonds is 12. The highest BCUT2D eigenvalue weighted by atomic mass is 35.5. The van der Waals surface area contributed by atoms with Gasteiger partial charge < -0.3 is 31.5 Å². The topological polar surface area (TPSA) is 206 Å². The Hall–Kier alpha value is -6.58. The summed E-state index contributed by atoms with van der Waals surface area (Å²) >= 11 is 24.9. The van der Waals surface area contributed by atoms with Crippen molar-refractivity contribution < 1.29 is 29.4 Å². The molecular weight excluding hydrogens is 878 g/mol. The average molecular weight is 917 g/mol. The van der Waals surface area contributed by atoms with E-state index in [0.29, 0.717) is 43.9 Å². The first-order valence-corrected chi connectivity index (χ1v) is 19.9. The smallest absolute Gasteiger partial charge is 0.279 e. The van der Waals surface area contributed by atoms with E-state index >= 15 is 0 Å². The summed E-state index contributed by atoms with van der Waals surface area (Å²) in [6.45, 7) is 9.46. The minimum atomic E-state index is -0.823. The lowest BCUT2D eigenvalue weighted by molar-refractivity contribution is -0.114. The molecule has 318 valence electrons. The predicted molar refractivity (Wildman–Crippen MR) is 244 cm³/mol. The van der Waals surface area contributed by atoms with E-state index in [4.69, 9.17) is 46.4 Å². The van der Waals surface area contributed by atoms with E-state index in [9.17, 15) is 29.4 Å². The van der Waals surface area contributed by atoms with Crippen molar-refractivity contribution in [3.05, 3.63) is 161 Å². The summed E-state index contributed by atoms with van der Waals surface area (Å²) in [6, 6.07) is 22.0. The van der Waals surface area contributed by atoms with Gasteiger partial charge in [0, 0.05) is 43.9 Å². The number of carbonyl (C=O) groups is 4. The lowest BCUT2D eigenvalue weighted by Crippen LogP contribution is -2.17. The van der Waals surface area contributed by atoms with Gasteiger partial charge in [-0.15, -0.1) is 20.5 Å². The molecule has 6 N–H and O–H groups in total. The number of hydrogen-bond acceptors (Lipinski definition) is 10. The number of aliphatic hydroxyl groups excluding tert-OH is 2. The normalized spacial score (nSPS) is 12.2. The summed E-state index contributed by atoms with van der Waals surface area (Å²) in [4.78, 5) is 52.9. The average Bonchev–Trinajstić information content (AvgIpc) is 3.20. The molecule has 0 atom stereocenters. The van der Waals surface area contributed by atoms with Crippen LogP contribution < -0.4 is 21.3 Å². The van der Waals surface area contributed by atoms with Crippen LogP contribution in [-0.2, 0) is 9.59 Å². The molecule has 14 nitrogen and oxygen atoms in total. The fourth-order valence-corrected chi connectivity index (χ4v) is 6.18. The molecule has 0 bridgehead atoms. The first-order valence-electron chi connectivity index (χ1n) is 18.4. The van der Waals surface area contributed by atoms with Gasteiger partial charge >= 0.3 is 0 Å². The molecule has 4 amide bonds. The van der Waals surface area contributed by atoms with E-state index < -0.39 is 46.5 Å². The monoisotopic (exact) mass is 914 g/mol. The van der Waals surface area contributed by atoms with Crippen molar-refractivity contribution in [2.45, 2.75) is 41.5 Å². The zero-order valence-corrected chi connectivity index (χ0v) is 36.9. The Labute approximate surface area is 376 Å². The third-order valence-electron chi connectivity index (χ3n) is 9.01. The van der Waals surface area contributed by atoms with E-state index in [0.717, 1.165) is 11.1 Å². The largest absolute Gasteiger partial charge is 0.510 e. The zero-order valence-electron chi connectivity index (χ0n) is 33.9. The number of aryl methyl sites for hydroxylation is 4. The Morgan fingerprint density at radius 3 is 1.18 bits per heavy atom. The lowest BCUT2D eigenvalue weighted by Gasteiger charge is -2.14. The fourth-order valence-electron chi connectivity index (χ4n) is 5.53. The summed E-state index contributed by atoms with van der Waals surface area (Å²) in [6.07, 6.45) is 0. The summed E-state index contributed by atoms with van der Waals surface area (Å²) in [5.74, 6) is -3.50. The van der Waals surface area contributed by atoms with Crippen LogP contribution in [0.3, 0.4) is 0 Å². The van der Waals surface area contributed by atoms with E-state index in [-0.39, 0.29) is 32.5 Å². The van der Waals surface area contributed by atoms with E-state index in [1.807, 2.05) is 13.8 Å². The van der Waals surface area contributed by atoms with Crippen molar-refractivity contribution in [2.24, 2.45) is 20.5 Å². The number of benzene rings is 5. The minimum Gasteiger partial charge on any atom is -0.510 e. The first kappa shape index (κ1) is 46.5. The van der Waals surface area contributed by atoms with Crippen molar-refractivity contribution in [3.8, 4) is 0 Å². The highest BCUT2D eigenvalue weighted by Gasteiger charge is 2.20. The number of nitrogens with zero attached hydrogens (tertiary/aromatic N) is 4. The van der Waals surface area contributed by atoms with Crippen molar-refractivity contribution in [3.63, 3.8) is 0 Å². The molecule has 5 aromatic rings. The second kappa shape index (κ2) is 20.3. The van der Waals surface area contributed by atoms with Crippen LogP contribution in [0.2, 0.25) is 20.1 Å². The van der Waals surface area contributed by atoms with Crippen molar-refractivity contribution in [1.82, 2.24) is 0 Å². The van der Waals surface area contributed by atoms with Gasteiger partial charge in [0.15, 0.2) is 11.4 Å². The van der Waals surface area contributed by atoms with Gasteiger partial charge in [-0.3, -0.25) is 19.2 Å². The van der Waals surface area contributed by atoms with Gasteiger partial charge in [0.1, 0.15) is 22.9 Å². The molecule has 18 heteroatoms. The number of anilines is 4. The number of nitrogens with one attached hydrogen (secondary N) is 4. The highest BCUT2D eigenvalue weighted by Crippen LogP contribution is 2.32. The second-order valence-electron chi connectivity index (χ2n) is 13.8. The molecule has 0 heterocycles. The molecule has 0 saturated heterocycles. The molecule has 0 aromatic heterocycles. The molecule has 0 spiro atoms. The molecule has 0 saturated carbocycles. The third kappa shape index (κ3) is 11.8. The maximum atomic E-state index is 13.4. The number of aliphatic hydroxyl groups is 2. The molecule has 0 radical (unpaired) electrons. The van der Waals surface area contributed by atoms with Gasteiger partial charge in [0.25, 0.3) is 23.6 Å². The molecule has 62 heavy (non-hydrogen) atoms. The number of carbonyl (C=O) groups excluding carboxylic acids is 4. The van der Waals surface area contributed by atoms with Crippen molar-refractivity contribution in [1.29, 1.82) is 0 Å². The number of allylic oxidation sites excluding steroid dienone is 2. The zero-order chi connectivity index (χ0) is 45.4. The quantitative estimate of drug-likeness (QED) is 0.0407. The van der Waals surface area contributed by atoms with Crippen LogP contribution in [0, 0.1) is 27.7 Å². The van der Waals surface area contributed by atoms with Crippen LogP contribution >= 0.6 is 46.4 Å². The predicted octanol–water partition coefficient (Wildman–Crippen LogP) is 13.1. The van der Waals surface area contributed by atoms with E-state index in [2.05, 4.69) is 41.7 Å². The Morgan fingerprint density at radius 1 is 0.468 bits per heavy atom. The molecule has 0 fully saturated rings. The first-order chi connectivity index (χ1) is 29.3. The lowest BCUT2D eigenvalue weighted by atomic mass is 10.1. The molecule has 0 aliphatic rings. The molecule has 0 aliphatic carbocycles. The SMILES string of the molecule is C/C(O)=C(/N=Nc1cc(C(=O)Nc2cc(Cl)ccc2C)ccc1Cl)C(=O)Nc1cc(C)c(NC(=O)/C(N=Nc2cc(C(=O)Nc3cc(Cl)ccc3C)ccc2Cl)=C(\C)O)cc1C. The molecule has 5 aromatic carbocycles. The number of amides is 4. The van der Waals surface area contributed by atoms with Crippen LogP contribution in [0.4, 0.5) is 34.1 Å². The van der Waals surface area contributed by atoms with Gasteiger partial charge in [0.2, 0.25) is 0 Å². The fraction of sp³-hybridized carbons (Fsp3) is 0.136. The van der Waals surface area contributed by atoms with Crippen LogP contribution in [-0.4, -0.2) is 33.8 Å². The van der Waals surface area contributed by atoms with Gasteiger partial charge in [-0.05, 0) is 137 Å². The summed E-state index contributed by atoms with van der Waals surface area (Å²) in [7, 11) is 0. The number of hydrogen-bond donors (Lipinski definition) is 6. The van der Waals surface area contributed by atoms with Crippen molar-refractivity contribution >= 4 is 104 Å². The number of azo groups is 2. The highest BCUT2D eigenvalue weighted by molar-refractivity contribution is 6.34. The molecule has 0 unspecified atom stereocenters. The van der Waals surface area contributed by atoms with Crippen molar-refractivity contribution in [2.75, 3.05) is 21.3 Å². The summed E-state index contributed by atoms with van der Waals surface area (Å²) in [5.41, 5.74) is 3.83. The molecule has 0 aliphatic heterocycles. The van der Waals surface area contributed by atoms with E-state index in [1.165, 1.54) is 50.2 Å². The minimum absolute atomic E-state index is 0.0517. The third-order valence-corrected chi connectivity index (χ3v) is 10.1. The van der Waals surface area contributed by atoms with Gasteiger partial charge in [-0.1, -0.05) is 58.5 Å². The Bertz CT molecular complexity index is 2570. The standard InChI is InChI=1S/C44H38Cl4N8O6/c1-21-7-11-29(45)19-35(21)49-41(59)27-9-13-31(47)37(17-27)53-55-39(25(5)57)43(61)51-33-15-24(4)34(16-23(33)3)52-44(62)40(26(6)58)56-54-38-18-28(10-14-32(38)48)42(60)50-36-20-30(46)12-8-22(36)2/h7-20,57-58H,1-6H3,(H,49,59)(H,50,60)(H,51,61)(H,52,62)/b39-25-,40-26-,55-53?,56-54?. The van der Waals surface area contributed by atoms with Crippen LogP contribution in [0.5, 0.6) is 0 Å². The molecular formula is C44H38Cl4N8O6.